The van der Waals surface area contributed by atoms with Crippen LogP contribution in [0.15, 0.2) is 39.7 Å². The van der Waals surface area contributed by atoms with Gasteiger partial charge in [0, 0.05) is 12.6 Å². The first-order valence-corrected chi connectivity index (χ1v) is 9.05. The molecule has 2 aromatic rings. The van der Waals surface area contributed by atoms with Crippen molar-refractivity contribution in [2.45, 2.75) is 33.4 Å². The lowest BCUT2D eigenvalue weighted by molar-refractivity contribution is 0.0599. The van der Waals surface area contributed by atoms with E-state index in [1.165, 1.54) is 19.2 Å². The van der Waals surface area contributed by atoms with Crippen LogP contribution in [0.25, 0.3) is 0 Å². The van der Waals surface area contributed by atoms with Crippen molar-refractivity contribution in [3.8, 4) is 5.75 Å². The fourth-order valence-electron chi connectivity index (χ4n) is 2.49. The Morgan fingerprint density at radius 2 is 2.11 bits per heavy atom. The number of esters is 1. The van der Waals surface area contributed by atoms with Crippen molar-refractivity contribution < 1.29 is 23.1 Å². The minimum atomic E-state index is -0.440. The Hall–Kier alpha value is -3.03. The summed E-state index contributed by atoms with van der Waals surface area (Å²) < 4.78 is 29.2. The summed E-state index contributed by atoms with van der Waals surface area (Å²) in [5, 5.41) is 6.29. The van der Waals surface area contributed by atoms with Crippen LogP contribution < -0.4 is 15.4 Å². The van der Waals surface area contributed by atoms with Crippen LogP contribution in [-0.2, 0) is 11.3 Å². The number of aliphatic imine (C=N–C) groups is 1. The van der Waals surface area contributed by atoms with E-state index in [2.05, 4.69) is 15.6 Å². The van der Waals surface area contributed by atoms with Crippen molar-refractivity contribution in [1.82, 2.24) is 10.6 Å². The number of carbonyl (C=O) groups is 1. The molecule has 8 heteroatoms. The molecule has 0 saturated carbocycles. The quantitative estimate of drug-likeness (QED) is 0.409. The summed E-state index contributed by atoms with van der Waals surface area (Å²) in [7, 11) is 1.33. The van der Waals surface area contributed by atoms with Crippen molar-refractivity contribution in [2.24, 2.45) is 4.99 Å². The van der Waals surface area contributed by atoms with Gasteiger partial charge in [-0.15, -0.1) is 0 Å². The molecule has 2 N–H and O–H groups in total. The van der Waals surface area contributed by atoms with Crippen molar-refractivity contribution in [2.75, 3.05) is 20.2 Å². The zero-order chi connectivity index (χ0) is 20.5. The molecule has 152 valence electrons. The number of guanidine groups is 1. The largest absolute Gasteiger partial charge is 0.489 e. The Morgan fingerprint density at radius 3 is 2.79 bits per heavy atom. The van der Waals surface area contributed by atoms with Crippen LogP contribution in [0.4, 0.5) is 4.39 Å². The lowest BCUT2D eigenvalue weighted by Crippen LogP contribution is -2.41. The van der Waals surface area contributed by atoms with Gasteiger partial charge in [-0.05, 0) is 39.0 Å². The molecule has 1 aromatic carbocycles. The maximum atomic E-state index is 13.2. The number of methoxy groups -OCH3 is 1. The van der Waals surface area contributed by atoms with Crippen molar-refractivity contribution >= 4 is 11.9 Å². The van der Waals surface area contributed by atoms with Gasteiger partial charge in [-0.3, -0.25) is 0 Å². The third-order valence-electron chi connectivity index (χ3n) is 3.80. The highest BCUT2D eigenvalue weighted by Gasteiger charge is 2.15. The molecular weight excluding hydrogens is 365 g/mol. The van der Waals surface area contributed by atoms with Gasteiger partial charge in [-0.2, -0.15) is 0 Å². The van der Waals surface area contributed by atoms with E-state index in [0.29, 0.717) is 41.9 Å². The van der Waals surface area contributed by atoms with E-state index in [4.69, 9.17) is 13.9 Å². The van der Waals surface area contributed by atoms with Gasteiger partial charge < -0.3 is 24.5 Å². The zero-order valence-corrected chi connectivity index (χ0v) is 16.5. The summed E-state index contributed by atoms with van der Waals surface area (Å²) in [6.07, 6.45) is -0.206. The first kappa shape index (κ1) is 21.3. The summed E-state index contributed by atoms with van der Waals surface area (Å²) in [6, 6.07) is 7.65. The molecule has 7 nitrogen and oxygen atoms in total. The van der Waals surface area contributed by atoms with E-state index in [0.717, 1.165) is 0 Å². The molecule has 0 spiro atoms. The number of rotatable bonds is 8. The first-order chi connectivity index (χ1) is 13.4. The van der Waals surface area contributed by atoms with Gasteiger partial charge in [0.05, 0.1) is 13.7 Å². The van der Waals surface area contributed by atoms with E-state index < -0.39 is 5.97 Å². The molecule has 0 fully saturated rings. The monoisotopic (exact) mass is 391 g/mol. The summed E-state index contributed by atoms with van der Waals surface area (Å²) in [5.74, 6) is 1.31. The highest BCUT2D eigenvalue weighted by Crippen LogP contribution is 2.16. The van der Waals surface area contributed by atoms with Gasteiger partial charge in [0.1, 0.15) is 41.3 Å². The number of aryl methyl sites for hydroxylation is 1. The number of benzene rings is 1. The lowest BCUT2D eigenvalue weighted by atomic mass is 10.2. The van der Waals surface area contributed by atoms with Gasteiger partial charge in [-0.1, -0.05) is 6.07 Å². The van der Waals surface area contributed by atoms with Crippen LogP contribution in [0.3, 0.4) is 0 Å². The predicted octanol–water partition coefficient (Wildman–Crippen LogP) is 3.04. The summed E-state index contributed by atoms with van der Waals surface area (Å²) in [5.41, 5.74) is 0.391. The van der Waals surface area contributed by atoms with Gasteiger partial charge in [0.15, 0.2) is 5.96 Å². The molecule has 1 heterocycles. The second-order valence-electron chi connectivity index (χ2n) is 6.14. The average Bonchev–Trinajstić information content (AvgIpc) is 3.04. The normalized spacial score (nSPS) is 12.4. The SMILES string of the molecule is CCNC(=NCc1cc(C(=O)OC)c(C)o1)NCC(C)Oc1cccc(F)c1. The molecule has 0 amide bonds. The first-order valence-electron chi connectivity index (χ1n) is 9.05. The molecule has 28 heavy (non-hydrogen) atoms. The Kier molecular flexibility index (Phi) is 7.86. The molecule has 0 saturated heterocycles. The minimum absolute atomic E-state index is 0.206. The minimum Gasteiger partial charge on any atom is -0.489 e. The summed E-state index contributed by atoms with van der Waals surface area (Å²) >= 11 is 0. The average molecular weight is 391 g/mol. The third-order valence-corrected chi connectivity index (χ3v) is 3.80. The zero-order valence-electron chi connectivity index (χ0n) is 16.5. The summed E-state index contributed by atoms with van der Waals surface area (Å²) in [4.78, 5) is 16.1. The molecule has 0 bridgehead atoms. The van der Waals surface area contributed by atoms with Gasteiger partial charge in [-0.25, -0.2) is 14.2 Å². The van der Waals surface area contributed by atoms with Crippen LogP contribution in [0, 0.1) is 12.7 Å². The number of hydrogen-bond donors (Lipinski definition) is 2. The highest BCUT2D eigenvalue weighted by atomic mass is 19.1. The number of hydrogen-bond acceptors (Lipinski definition) is 5. The molecule has 0 radical (unpaired) electrons. The van der Waals surface area contributed by atoms with Crippen LogP contribution in [0.5, 0.6) is 5.75 Å². The maximum Gasteiger partial charge on any atom is 0.341 e. The Labute approximate surface area is 163 Å². The number of ether oxygens (including phenoxy) is 2. The molecule has 1 atom stereocenters. The number of carbonyl (C=O) groups excluding carboxylic acids is 1. The molecule has 0 aliphatic carbocycles. The Morgan fingerprint density at radius 1 is 1.32 bits per heavy atom. The smallest absolute Gasteiger partial charge is 0.341 e. The van der Waals surface area contributed by atoms with E-state index >= 15 is 0 Å². The van der Waals surface area contributed by atoms with Crippen LogP contribution >= 0.6 is 0 Å². The topological polar surface area (TPSA) is 85.1 Å². The maximum absolute atomic E-state index is 13.2. The van der Waals surface area contributed by atoms with Gasteiger partial charge in [0.25, 0.3) is 0 Å². The number of halogens is 1. The van der Waals surface area contributed by atoms with Gasteiger partial charge in [0.2, 0.25) is 0 Å². The lowest BCUT2D eigenvalue weighted by Gasteiger charge is -2.17. The standard InChI is InChI=1S/C20H26FN3O4/c1-5-22-20(23-11-13(2)27-16-8-6-7-15(21)9-16)24-12-17-10-18(14(3)28-17)19(25)26-4/h6-10,13H,5,11-12H2,1-4H3,(H2,22,23,24). The molecule has 2 rings (SSSR count). The second-order valence-corrected chi connectivity index (χ2v) is 6.14. The number of nitrogens with zero attached hydrogens (tertiary/aromatic N) is 1. The Balaban J connectivity index is 1.94. The van der Waals surface area contributed by atoms with E-state index in [-0.39, 0.29) is 18.5 Å². The molecule has 1 aromatic heterocycles. The third kappa shape index (κ3) is 6.29. The van der Waals surface area contributed by atoms with Gasteiger partial charge >= 0.3 is 5.97 Å². The van der Waals surface area contributed by atoms with Crippen LogP contribution in [-0.4, -0.2) is 38.2 Å². The fraction of sp³-hybridized carbons (Fsp3) is 0.400. The van der Waals surface area contributed by atoms with E-state index in [1.807, 2.05) is 13.8 Å². The molecule has 1 unspecified atom stereocenters. The molecular formula is C20H26FN3O4. The van der Waals surface area contributed by atoms with E-state index in [1.54, 1.807) is 25.1 Å². The number of furan rings is 1. The number of nitrogens with one attached hydrogen (secondary N) is 2. The van der Waals surface area contributed by atoms with Crippen molar-refractivity contribution in [3.05, 3.63) is 53.2 Å². The summed E-state index contributed by atoms with van der Waals surface area (Å²) in [6.45, 7) is 6.93. The van der Waals surface area contributed by atoms with Crippen LogP contribution in [0.2, 0.25) is 0 Å². The van der Waals surface area contributed by atoms with Crippen molar-refractivity contribution in [1.29, 1.82) is 0 Å². The van der Waals surface area contributed by atoms with Crippen molar-refractivity contribution in [3.63, 3.8) is 0 Å². The molecule has 0 aliphatic heterocycles. The Bertz CT molecular complexity index is 820. The van der Waals surface area contributed by atoms with E-state index in [9.17, 15) is 9.18 Å². The molecule has 0 aliphatic rings. The second kappa shape index (κ2) is 10.3. The van der Waals surface area contributed by atoms with Crippen LogP contribution in [0.1, 0.15) is 35.7 Å². The fourth-order valence-corrected chi connectivity index (χ4v) is 2.49. The predicted molar refractivity (Wildman–Crippen MR) is 104 cm³/mol. The highest BCUT2D eigenvalue weighted by molar-refractivity contribution is 5.90.